The summed E-state index contributed by atoms with van der Waals surface area (Å²) in [5.41, 5.74) is 9.47. The predicted octanol–water partition coefficient (Wildman–Crippen LogP) is -0.723. The van der Waals surface area contributed by atoms with E-state index in [1.165, 1.54) is 0 Å². The number of hydrogen-bond acceptors (Lipinski definition) is 2. The Hall–Kier alpha value is -1.75. The number of carbonyl (C=O) groups is 1. The van der Waals surface area contributed by atoms with Gasteiger partial charge in [0.05, 0.1) is 21.1 Å². The average Bonchev–Trinajstić information content (AvgIpc) is 2.18. The van der Waals surface area contributed by atoms with Crippen molar-refractivity contribution >= 4 is 17.3 Å². The smallest absolute Gasteiger partial charge is 0.279 e. The normalized spacial score (nSPS) is 9.94. The average molecular weight is 270 g/mol. The maximum absolute atomic E-state index is 11.6. The standard InChI is InChI=1S/C11H15N5O.ClH/c1-16(2,3)8-11(17)13-9-4-6-10(7-5-9)14-15-12;/h4-7H,8H2,1-3H3;1H. The fraction of sp³-hybridized carbons (Fsp3) is 0.364. The molecule has 1 amide bonds. The Morgan fingerprint density at radius 3 is 2.33 bits per heavy atom. The monoisotopic (exact) mass is 269 g/mol. The molecule has 0 aliphatic carbocycles. The first-order chi connectivity index (χ1) is 7.90. The molecule has 0 spiro atoms. The molecule has 1 aromatic carbocycles. The lowest BCUT2D eigenvalue weighted by Gasteiger charge is -2.22. The van der Waals surface area contributed by atoms with E-state index in [1.807, 2.05) is 21.1 Å². The van der Waals surface area contributed by atoms with Gasteiger partial charge < -0.3 is 22.2 Å². The minimum atomic E-state index is -0.0472. The molecule has 1 aromatic rings. The predicted molar refractivity (Wildman–Crippen MR) is 66.8 cm³/mol. The van der Waals surface area contributed by atoms with Gasteiger partial charge in [-0.05, 0) is 17.7 Å². The minimum absolute atomic E-state index is 0. The lowest BCUT2D eigenvalue weighted by molar-refractivity contribution is -0.861. The van der Waals surface area contributed by atoms with Crippen molar-refractivity contribution < 1.29 is 21.7 Å². The van der Waals surface area contributed by atoms with Gasteiger partial charge >= 0.3 is 0 Å². The maximum Gasteiger partial charge on any atom is 0.279 e. The van der Waals surface area contributed by atoms with E-state index in [1.54, 1.807) is 24.3 Å². The molecule has 7 heteroatoms. The molecule has 0 bridgehead atoms. The van der Waals surface area contributed by atoms with Crippen molar-refractivity contribution in [3.8, 4) is 0 Å². The number of azide groups is 1. The minimum Gasteiger partial charge on any atom is -1.00 e. The summed E-state index contributed by atoms with van der Waals surface area (Å²) in [4.78, 5) is 14.3. The second-order valence-electron chi connectivity index (χ2n) is 4.73. The Labute approximate surface area is 112 Å². The number of halogens is 1. The van der Waals surface area contributed by atoms with Crippen LogP contribution >= 0.6 is 0 Å². The third-order valence-electron chi connectivity index (χ3n) is 1.93. The van der Waals surface area contributed by atoms with E-state index < -0.39 is 0 Å². The molecule has 0 aromatic heterocycles. The van der Waals surface area contributed by atoms with Crippen molar-refractivity contribution in [3.63, 3.8) is 0 Å². The highest BCUT2D eigenvalue weighted by Crippen LogP contribution is 2.16. The molecule has 0 fully saturated rings. The van der Waals surface area contributed by atoms with E-state index in [4.69, 9.17) is 5.53 Å². The molecule has 0 aliphatic rings. The van der Waals surface area contributed by atoms with Gasteiger partial charge in [-0.15, -0.1) is 0 Å². The van der Waals surface area contributed by atoms with Crippen LogP contribution in [0.4, 0.5) is 11.4 Å². The lowest BCUT2D eigenvalue weighted by atomic mass is 10.3. The Morgan fingerprint density at radius 2 is 1.89 bits per heavy atom. The molecule has 0 aliphatic heterocycles. The SMILES string of the molecule is C[N+](C)(C)CC(=O)Nc1ccc(N=[N+]=[N-])cc1.[Cl-]. The van der Waals surface area contributed by atoms with Gasteiger partial charge in [-0.3, -0.25) is 4.79 Å². The molecular formula is C11H16ClN5O. The summed E-state index contributed by atoms with van der Waals surface area (Å²) in [6.07, 6.45) is 0. The van der Waals surface area contributed by atoms with Crippen molar-refractivity contribution in [2.45, 2.75) is 0 Å². The summed E-state index contributed by atoms with van der Waals surface area (Å²) in [5.74, 6) is -0.0472. The number of quaternary nitrogens is 1. The summed E-state index contributed by atoms with van der Waals surface area (Å²) < 4.78 is 0.572. The van der Waals surface area contributed by atoms with Gasteiger partial charge in [0.25, 0.3) is 5.91 Å². The van der Waals surface area contributed by atoms with Gasteiger partial charge in [-0.1, -0.05) is 17.2 Å². The van der Waals surface area contributed by atoms with Gasteiger partial charge in [0, 0.05) is 16.3 Å². The molecule has 1 rings (SSSR count). The van der Waals surface area contributed by atoms with Crippen molar-refractivity contribution in [2.24, 2.45) is 5.11 Å². The molecular weight excluding hydrogens is 254 g/mol. The highest BCUT2D eigenvalue weighted by atomic mass is 35.5. The number of nitrogens with zero attached hydrogens (tertiary/aromatic N) is 4. The van der Waals surface area contributed by atoms with Crippen molar-refractivity contribution in [3.05, 3.63) is 34.7 Å². The number of carbonyl (C=O) groups excluding carboxylic acids is 1. The second-order valence-corrected chi connectivity index (χ2v) is 4.73. The van der Waals surface area contributed by atoms with Gasteiger partial charge in [0.15, 0.2) is 6.54 Å². The first-order valence-corrected chi connectivity index (χ1v) is 5.16. The van der Waals surface area contributed by atoms with Crippen LogP contribution in [0.5, 0.6) is 0 Å². The molecule has 0 saturated heterocycles. The lowest BCUT2D eigenvalue weighted by Crippen LogP contribution is -3.00. The summed E-state index contributed by atoms with van der Waals surface area (Å²) >= 11 is 0. The second kappa shape index (κ2) is 6.86. The van der Waals surface area contributed by atoms with E-state index >= 15 is 0 Å². The van der Waals surface area contributed by atoms with Crippen molar-refractivity contribution in [1.82, 2.24) is 0 Å². The topological polar surface area (TPSA) is 77.9 Å². The van der Waals surface area contributed by atoms with Crippen LogP contribution < -0.4 is 17.7 Å². The van der Waals surface area contributed by atoms with E-state index in [-0.39, 0.29) is 18.3 Å². The third kappa shape index (κ3) is 6.10. The van der Waals surface area contributed by atoms with Gasteiger partial charge in [0.2, 0.25) is 0 Å². The van der Waals surface area contributed by atoms with E-state index in [2.05, 4.69) is 15.3 Å². The first-order valence-electron chi connectivity index (χ1n) is 5.16. The number of anilines is 1. The van der Waals surface area contributed by atoms with Crippen LogP contribution in [0, 0.1) is 0 Å². The van der Waals surface area contributed by atoms with E-state index in [0.717, 1.165) is 0 Å². The quantitative estimate of drug-likeness (QED) is 0.333. The molecule has 6 nitrogen and oxygen atoms in total. The van der Waals surface area contributed by atoms with Crippen LogP contribution in [0.25, 0.3) is 10.4 Å². The van der Waals surface area contributed by atoms with Crippen LogP contribution in [-0.2, 0) is 4.79 Å². The van der Waals surface area contributed by atoms with E-state index in [9.17, 15) is 4.79 Å². The van der Waals surface area contributed by atoms with Crippen LogP contribution in [0.15, 0.2) is 29.4 Å². The fourth-order valence-corrected chi connectivity index (χ4v) is 1.29. The number of hydrogen-bond donors (Lipinski definition) is 1. The third-order valence-corrected chi connectivity index (χ3v) is 1.93. The molecule has 0 heterocycles. The number of benzene rings is 1. The molecule has 1 N–H and O–H groups in total. The summed E-state index contributed by atoms with van der Waals surface area (Å²) in [7, 11) is 5.85. The highest BCUT2D eigenvalue weighted by Gasteiger charge is 2.13. The summed E-state index contributed by atoms with van der Waals surface area (Å²) in [6.45, 7) is 0.401. The largest absolute Gasteiger partial charge is 1.00 e. The van der Waals surface area contributed by atoms with Crippen LogP contribution in [0.2, 0.25) is 0 Å². The first kappa shape index (κ1) is 16.2. The molecule has 0 atom stereocenters. The zero-order valence-electron chi connectivity index (χ0n) is 10.6. The number of rotatable bonds is 4. The molecule has 0 unspecified atom stereocenters. The van der Waals surface area contributed by atoms with Gasteiger partial charge in [-0.2, -0.15) is 0 Å². The van der Waals surface area contributed by atoms with Crippen LogP contribution in [-0.4, -0.2) is 38.1 Å². The van der Waals surface area contributed by atoms with Crippen molar-refractivity contribution in [1.29, 1.82) is 0 Å². The molecule has 98 valence electrons. The van der Waals surface area contributed by atoms with Crippen molar-refractivity contribution in [2.75, 3.05) is 33.0 Å². The number of nitrogens with one attached hydrogen (secondary N) is 1. The van der Waals surface area contributed by atoms with Gasteiger partial charge in [0.1, 0.15) is 0 Å². The molecule has 0 radical (unpaired) electrons. The zero-order chi connectivity index (χ0) is 12.9. The Balaban J connectivity index is 0.00000289. The molecule has 0 saturated carbocycles. The van der Waals surface area contributed by atoms with E-state index in [0.29, 0.717) is 22.4 Å². The zero-order valence-corrected chi connectivity index (χ0v) is 11.3. The van der Waals surface area contributed by atoms with Crippen LogP contribution in [0.3, 0.4) is 0 Å². The summed E-state index contributed by atoms with van der Waals surface area (Å²) in [6, 6.07) is 6.72. The van der Waals surface area contributed by atoms with Crippen LogP contribution in [0.1, 0.15) is 0 Å². The number of likely N-dealkylation sites (N-methyl/N-ethyl adjacent to an activating group) is 1. The summed E-state index contributed by atoms with van der Waals surface area (Å²) in [5, 5.41) is 6.23. The fourth-order valence-electron chi connectivity index (χ4n) is 1.29. The Bertz CT molecular complexity index is 445. The van der Waals surface area contributed by atoms with Gasteiger partial charge in [-0.25, -0.2) is 0 Å². The Kier molecular flexibility index (Phi) is 6.19. The highest BCUT2D eigenvalue weighted by molar-refractivity contribution is 5.91. The Morgan fingerprint density at radius 1 is 1.33 bits per heavy atom. The maximum atomic E-state index is 11.6. The molecule has 18 heavy (non-hydrogen) atoms. The number of amides is 1.